The van der Waals surface area contributed by atoms with Gasteiger partial charge in [0.2, 0.25) is 0 Å². The van der Waals surface area contributed by atoms with Gasteiger partial charge in [-0.1, -0.05) is 18.2 Å². The van der Waals surface area contributed by atoms with E-state index in [0.717, 1.165) is 11.3 Å². The Labute approximate surface area is 166 Å². The number of fused-ring (bicyclic) bond motifs is 3. The van der Waals surface area contributed by atoms with E-state index in [0.29, 0.717) is 19.1 Å². The highest BCUT2D eigenvalue weighted by Crippen LogP contribution is 2.36. The molecule has 3 aromatic rings. The number of urea groups is 1. The molecule has 0 bridgehead atoms. The fourth-order valence-corrected chi connectivity index (χ4v) is 4.49. The average Bonchev–Trinajstić information content (AvgIpc) is 2.98. The molecule has 2 heterocycles. The number of carbonyl (C=O) groups is 1. The molecule has 2 amide bonds. The molecular formula is C23H29N3O2. The van der Waals surface area contributed by atoms with Crippen molar-refractivity contribution in [3.05, 3.63) is 42.0 Å². The lowest BCUT2D eigenvalue weighted by molar-refractivity contribution is -0.0530. The van der Waals surface area contributed by atoms with E-state index in [1.807, 2.05) is 24.8 Å². The molecule has 1 fully saturated rings. The SMILES string of the molecule is Cc1c(NC(=O)N2C[C@@H](C)O[C@@H](C)C2)ccc2c1c1ccccc1n2C(C)C. The second kappa shape index (κ2) is 7.13. The monoisotopic (exact) mass is 379 g/mol. The molecule has 5 heteroatoms. The summed E-state index contributed by atoms with van der Waals surface area (Å²) in [6.45, 7) is 11.8. The van der Waals surface area contributed by atoms with Crippen molar-refractivity contribution in [2.75, 3.05) is 18.4 Å². The number of hydrogen-bond acceptors (Lipinski definition) is 2. The van der Waals surface area contributed by atoms with Crippen LogP contribution in [0.1, 0.15) is 39.3 Å². The van der Waals surface area contributed by atoms with Crippen molar-refractivity contribution in [1.29, 1.82) is 0 Å². The number of para-hydroxylation sites is 1. The maximum atomic E-state index is 12.9. The lowest BCUT2D eigenvalue weighted by Gasteiger charge is -2.35. The predicted octanol–water partition coefficient (Wildman–Crippen LogP) is 5.32. The van der Waals surface area contributed by atoms with Gasteiger partial charge in [0.1, 0.15) is 0 Å². The Hall–Kier alpha value is -2.53. The Balaban J connectivity index is 1.74. The molecule has 0 aliphatic carbocycles. The third kappa shape index (κ3) is 3.14. The third-order valence-electron chi connectivity index (χ3n) is 5.60. The van der Waals surface area contributed by atoms with E-state index in [1.165, 1.54) is 21.8 Å². The van der Waals surface area contributed by atoms with Gasteiger partial charge in [-0.3, -0.25) is 0 Å². The highest BCUT2D eigenvalue weighted by molar-refractivity contribution is 6.12. The van der Waals surface area contributed by atoms with Gasteiger partial charge in [-0.05, 0) is 58.4 Å². The Morgan fingerprint density at radius 2 is 1.75 bits per heavy atom. The number of hydrogen-bond donors (Lipinski definition) is 1. The van der Waals surface area contributed by atoms with E-state index in [9.17, 15) is 4.79 Å². The second-order valence-corrected chi connectivity index (χ2v) is 8.21. The van der Waals surface area contributed by atoms with Gasteiger partial charge >= 0.3 is 6.03 Å². The van der Waals surface area contributed by atoms with Gasteiger partial charge in [-0.25, -0.2) is 4.79 Å². The van der Waals surface area contributed by atoms with Gasteiger partial charge in [-0.2, -0.15) is 0 Å². The number of carbonyl (C=O) groups excluding carboxylic acids is 1. The van der Waals surface area contributed by atoms with Crippen LogP contribution in [0.15, 0.2) is 36.4 Å². The Bertz CT molecular complexity index is 1030. The molecular weight excluding hydrogens is 350 g/mol. The van der Waals surface area contributed by atoms with Gasteiger partial charge < -0.3 is 19.5 Å². The Morgan fingerprint density at radius 1 is 1.07 bits per heavy atom. The zero-order chi connectivity index (χ0) is 20.0. The summed E-state index contributed by atoms with van der Waals surface area (Å²) in [4.78, 5) is 14.7. The molecule has 2 atom stereocenters. The highest BCUT2D eigenvalue weighted by Gasteiger charge is 2.26. The summed E-state index contributed by atoms with van der Waals surface area (Å²) >= 11 is 0. The van der Waals surface area contributed by atoms with Crippen LogP contribution in [0.2, 0.25) is 0 Å². The number of ether oxygens (including phenoxy) is 1. The molecule has 0 unspecified atom stereocenters. The average molecular weight is 380 g/mol. The van der Waals surface area contributed by atoms with Gasteiger partial charge in [0.25, 0.3) is 0 Å². The molecule has 4 rings (SSSR count). The smallest absolute Gasteiger partial charge is 0.322 e. The zero-order valence-corrected chi connectivity index (χ0v) is 17.3. The number of amides is 2. The normalized spacial score (nSPS) is 20.3. The number of aryl methyl sites for hydroxylation is 1. The summed E-state index contributed by atoms with van der Waals surface area (Å²) in [6, 6.07) is 13.0. The van der Waals surface area contributed by atoms with Crippen molar-refractivity contribution in [2.45, 2.75) is 52.9 Å². The molecule has 1 aromatic heterocycles. The molecule has 0 radical (unpaired) electrons. The minimum absolute atomic E-state index is 0.0575. The van der Waals surface area contributed by atoms with Gasteiger partial charge in [0, 0.05) is 46.6 Å². The molecule has 1 saturated heterocycles. The van der Waals surface area contributed by atoms with Crippen LogP contribution in [-0.4, -0.2) is 40.8 Å². The van der Waals surface area contributed by atoms with E-state index in [4.69, 9.17) is 4.74 Å². The van der Waals surface area contributed by atoms with Crippen LogP contribution in [0.5, 0.6) is 0 Å². The van der Waals surface area contributed by atoms with Crippen molar-refractivity contribution in [3.8, 4) is 0 Å². The van der Waals surface area contributed by atoms with Crippen LogP contribution in [0.4, 0.5) is 10.5 Å². The van der Waals surface area contributed by atoms with Crippen molar-refractivity contribution in [1.82, 2.24) is 9.47 Å². The molecule has 0 spiro atoms. The van der Waals surface area contributed by atoms with Crippen LogP contribution in [0.25, 0.3) is 21.8 Å². The van der Waals surface area contributed by atoms with Crippen LogP contribution in [0, 0.1) is 6.92 Å². The topological polar surface area (TPSA) is 46.5 Å². The number of nitrogens with one attached hydrogen (secondary N) is 1. The molecule has 28 heavy (non-hydrogen) atoms. The maximum Gasteiger partial charge on any atom is 0.322 e. The summed E-state index contributed by atoms with van der Waals surface area (Å²) in [6.07, 6.45) is 0.115. The molecule has 0 saturated carbocycles. The Morgan fingerprint density at radius 3 is 2.43 bits per heavy atom. The summed E-state index contributed by atoms with van der Waals surface area (Å²) in [5, 5.41) is 5.58. The van der Waals surface area contributed by atoms with E-state index in [-0.39, 0.29) is 18.2 Å². The first-order valence-corrected chi connectivity index (χ1v) is 10.1. The molecule has 1 aliphatic heterocycles. The van der Waals surface area contributed by atoms with Gasteiger partial charge in [0.05, 0.1) is 12.2 Å². The van der Waals surface area contributed by atoms with Gasteiger partial charge in [-0.15, -0.1) is 0 Å². The minimum Gasteiger partial charge on any atom is -0.372 e. The van der Waals surface area contributed by atoms with Crippen LogP contribution in [-0.2, 0) is 4.74 Å². The summed E-state index contributed by atoms with van der Waals surface area (Å²) in [7, 11) is 0. The first kappa shape index (κ1) is 18.8. The third-order valence-corrected chi connectivity index (χ3v) is 5.60. The number of anilines is 1. The summed E-state index contributed by atoms with van der Waals surface area (Å²) in [5.41, 5.74) is 4.42. The molecule has 5 nitrogen and oxygen atoms in total. The number of aromatic nitrogens is 1. The quantitative estimate of drug-likeness (QED) is 0.654. The minimum atomic E-state index is -0.0583. The summed E-state index contributed by atoms with van der Waals surface area (Å²) in [5.74, 6) is 0. The molecule has 1 N–H and O–H groups in total. The molecule has 1 aliphatic rings. The van der Waals surface area contributed by atoms with Crippen molar-refractivity contribution < 1.29 is 9.53 Å². The fraction of sp³-hybridized carbons (Fsp3) is 0.435. The number of rotatable bonds is 2. The first-order chi connectivity index (χ1) is 13.4. The fourth-order valence-electron chi connectivity index (χ4n) is 4.49. The number of benzene rings is 2. The van der Waals surface area contributed by atoms with Gasteiger partial charge in [0.15, 0.2) is 0 Å². The van der Waals surface area contributed by atoms with E-state index < -0.39 is 0 Å². The lowest BCUT2D eigenvalue weighted by atomic mass is 10.1. The summed E-state index contributed by atoms with van der Waals surface area (Å²) < 4.78 is 8.12. The number of nitrogens with zero attached hydrogens (tertiary/aromatic N) is 2. The van der Waals surface area contributed by atoms with Crippen LogP contribution in [0.3, 0.4) is 0 Å². The van der Waals surface area contributed by atoms with Crippen LogP contribution < -0.4 is 5.32 Å². The van der Waals surface area contributed by atoms with E-state index in [1.54, 1.807) is 0 Å². The number of morpholine rings is 1. The maximum absolute atomic E-state index is 12.9. The van der Waals surface area contributed by atoms with Crippen molar-refractivity contribution in [3.63, 3.8) is 0 Å². The highest BCUT2D eigenvalue weighted by atomic mass is 16.5. The molecule has 2 aromatic carbocycles. The van der Waals surface area contributed by atoms with Crippen molar-refractivity contribution >= 4 is 33.5 Å². The lowest BCUT2D eigenvalue weighted by Crippen LogP contribution is -2.49. The second-order valence-electron chi connectivity index (χ2n) is 8.21. The largest absolute Gasteiger partial charge is 0.372 e. The van der Waals surface area contributed by atoms with Crippen LogP contribution >= 0.6 is 0 Å². The predicted molar refractivity (Wildman–Crippen MR) is 115 cm³/mol. The molecule has 148 valence electrons. The van der Waals surface area contributed by atoms with E-state index in [2.05, 4.69) is 61.0 Å². The zero-order valence-electron chi connectivity index (χ0n) is 17.3. The van der Waals surface area contributed by atoms with Crippen molar-refractivity contribution in [2.24, 2.45) is 0 Å². The first-order valence-electron chi connectivity index (χ1n) is 10.1. The Kier molecular flexibility index (Phi) is 4.79. The standard InChI is InChI=1S/C23H29N3O2/c1-14(2)26-20-9-7-6-8-18(20)22-17(5)19(10-11-21(22)26)24-23(27)25-12-15(3)28-16(4)13-25/h6-11,14-16H,12-13H2,1-5H3,(H,24,27)/t15-,16+. The van der Waals surface area contributed by atoms with E-state index >= 15 is 0 Å².